The smallest absolute Gasteiger partial charge is 0.270 e. The molecule has 2 aromatic heterocycles. The van der Waals surface area contributed by atoms with Crippen molar-refractivity contribution < 1.29 is 13.8 Å². The predicted octanol–water partition coefficient (Wildman–Crippen LogP) is 3.72. The Kier molecular flexibility index (Phi) is 4.59. The van der Waals surface area contributed by atoms with Gasteiger partial charge in [-0.05, 0) is 24.1 Å². The van der Waals surface area contributed by atoms with Crippen molar-refractivity contribution in [1.82, 2.24) is 20.2 Å². The van der Waals surface area contributed by atoms with Gasteiger partial charge in [-0.2, -0.15) is 0 Å². The zero-order valence-electron chi connectivity index (χ0n) is 14.4. The topological polar surface area (TPSA) is 111 Å². The average molecular weight is 365 g/mol. The third-order valence-corrected chi connectivity index (χ3v) is 4.12. The highest BCUT2D eigenvalue weighted by molar-refractivity contribution is 5.70. The van der Waals surface area contributed by atoms with Crippen molar-refractivity contribution >= 4 is 5.82 Å². The third kappa shape index (κ3) is 3.40. The van der Waals surface area contributed by atoms with Crippen LogP contribution < -0.4 is 5.73 Å². The minimum atomic E-state index is 0. The Balaban J connectivity index is 0.00000150. The quantitative estimate of drug-likeness (QED) is 0.554. The molecule has 27 heavy (non-hydrogen) atoms. The molecule has 0 aliphatic heterocycles. The monoisotopic (exact) mass is 365 g/mol. The number of aliphatic hydroxyl groups is 1. The van der Waals surface area contributed by atoms with Crippen molar-refractivity contribution in [2.45, 2.75) is 6.42 Å². The summed E-state index contributed by atoms with van der Waals surface area (Å²) in [5, 5.41) is 17.4. The number of benzene rings is 2. The van der Waals surface area contributed by atoms with Crippen molar-refractivity contribution in [2.75, 3.05) is 12.3 Å². The van der Waals surface area contributed by atoms with Crippen LogP contribution in [-0.4, -0.2) is 31.9 Å². The Bertz CT molecular complexity index is 1080. The van der Waals surface area contributed by atoms with Gasteiger partial charge in [-0.1, -0.05) is 42.5 Å². The van der Waals surface area contributed by atoms with Crippen molar-refractivity contribution in [3.63, 3.8) is 0 Å². The Morgan fingerprint density at radius 1 is 0.963 bits per heavy atom. The summed E-state index contributed by atoms with van der Waals surface area (Å²) in [6.07, 6.45) is 2.12. The van der Waals surface area contributed by atoms with Crippen LogP contribution in [0.15, 0.2) is 65.2 Å². The first-order valence-corrected chi connectivity index (χ1v) is 8.47. The van der Waals surface area contributed by atoms with Gasteiger partial charge in [0.25, 0.3) is 5.89 Å². The third-order valence-electron chi connectivity index (χ3n) is 4.12. The van der Waals surface area contributed by atoms with E-state index in [1.54, 1.807) is 6.20 Å². The van der Waals surface area contributed by atoms with Crippen molar-refractivity contribution in [2.24, 2.45) is 0 Å². The van der Waals surface area contributed by atoms with Crippen molar-refractivity contribution in [3.8, 4) is 34.3 Å². The fourth-order valence-electron chi connectivity index (χ4n) is 2.81. The van der Waals surface area contributed by atoms with Crippen LogP contribution in [0.2, 0.25) is 0 Å². The van der Waals surface area contributed by atoms with E-state index in [2.05, 4.69) is 20.2 Å². The summed E-state index contributed by atoms with van der Waals surface area (Å²) in [7, 11) is 0. The van der Waals surface area contributed by atoms with Gasteiger partial charge in [-0.25, -0.2) is 9.97 Å². The number of nitrogens with zero attached hydrogens (tertiary/aromatic N) is 4. The van der Waals surface area contributed by atoms with E-state index < -0.39 is 0 Å². The highest BCUT2D eigenvalue weighted by Gasteiger charge is 2.17. The van der Waals surface area contributed by atoms with E-state index >= 15 is 0 Å². The maximum absolute atomic E-state index is 9.29. The number of anilines is 1. The molecule has 4 rings (SSSR count). The Hall–Kier alpha value is -3.58. The fraction of sp³-hybridized carbons (Fsp3) is 0.100. The van der Waals surface area contributed by atoms with E-state index in [4.69, 9.17) is 10.2 Å². The van der Waals surface area contributed by atoms with Gasteiger partial charge in [0.15, 0.2) is 11.5 Å². The van der Waals surface area contributed by atoms with E-state index in [1.165, 1.54) is 0 Å². The summed E-state index contributed by atoms with van der Waals surface area (Å²) in [6.45, 7) is 0.0520. The zero-order valence-corrected chi connectivity index (χ0v) is 14.4. The molecule has 0 radical (unpaired) electrons. The second kappa shape index (κ2) is 7.35. The van der Waals surface area contributed by atoms with Crippen molar-refractivity contribution in [3.05, 3.63) is 66.4 Å². The minimum Gasteiger partial charge on any atom is -0.414 e. The molecule has 0 bridgehead atoms. The average Bonchev–Trinajstić information content (AvgIpc) is 3.20. The molecule has 7 heteroatoms. The van der Waals surface area contributed by atoms with Crippen LogP contribution >= 0.6 is 0 Å². The van der Waals surface area contributed by atoms with E-state index in [-0.39, 0.29) is 22.6 Å². The number of hydrogen-bond acceptors (Lipinski definition) is 7. The molecule has 0 spiro atoms. The molecule has 0 fully saturated rings. The summed E-state index contributed by atoms with van der Waals surface area (Å²) in [5.74, 6) is 0.805. The Morgan fingerprint density at radius 2 is 1.70 bits per heavy atom. The molecule has 0 unspecified atom stereocenters. The molecule has 2 heterocycles. The maximum atomic E-state index is 9.29. The standard InChI is InChI=1S/C20H17N5O2.3H2/c21-18-17(20-25-24-19(27-20)14-7-2-1-3-8-14)23-16(12-22-18)15-9-5-4-6-13(15)10-11-26;;;/h1-9,12,26H,10-11H2,(H2,21,22);3*1H. The van der Waals surface area contributed by atoms with Gasteiger partial charge in [0, 0.05) is 22.0 Å². The van der Waals surface area contributed by atoms with Crippen LogP contribution in [0.3, 0.4) is 0 Å². The second-order valence-electron chi connectivity index (χ2n) is 5.90. The highest BCUT2D eigenvalue weighted by Crippen LogP contribution is 2.29. The highest BCUT2D eigenvalue weighted by atomic mass is 16.4. The van der Waals surface area contributed by atoms with Crippen LogP contribution in [0.1, 0.15) is 9.84 Å². The molecule has 3 N–H and O–H groups in total. The molecule has 7 nitrogen and oxygen atoms in total. The summed E-state index contributed by atoms with van der Waals surface area (Å²) in [6, 6.07) is 17.2. The normalized spacial score (nSPS) is 10.9. The molecule has 0 aliphatic rings. The van der Waals surface area contributed by atoms with Crippen molar-refractivity contribution in [1.29, 1.82) is 0 Å². The summed E-state index contributed by atoms with van der Waals surface area (Å²) in [4.78, 5) is 8.84. The lowest BCUT2D eigenvalue weighted by Crippen LogP contribution is -2.01. The van der Waals surface area contributed by atoms with Crippen LogP contribution in [-0.2, 0) is 6.42 Å². The second-order valence-corrected chi connectivity index (χ2v) is 5.90. The number of rotatable bonds is 5. The van der Waals surface area contributed by atoms with Crippen LogP contribution in [0.4, 0.5) is 5.82 Å². The molecule has 0 amide bonds. The lowest BCUT2D eigenvalue weighted by Gasteiger charge is -2.09. The number of hydrogen-bond donors (Lipinski definition) is 2. The molecule has 0 saturated heterocycles. The molecule has 0 aliphatic carbocycles. The number of aromatic nitrogens is 4. The maximum Gasteiger partial charge on any atom is 0.270 e. The predicted molar refractivity (Wildman–Crippen MR) is 108 cm³/mol. The van der Waals surface area contributed by atoms with E-state index in [9.17, 15) is 5.11 Å². The van der Waals surface area contributed by atoms with Gasteiger partial charge in [0.2, 0.25) is 5.89 Å². The Labute approximate surface area is 160 Å². The summed E-state index contributed by atoms with van der Waals surface area (Å²) in [5.41, 5.74) is 9.63. The fourth-order valence-corrected chi connectivity index (χ4v) is 2.81. The first-order chi connectivity index (χ1) is 13.3. The SMILES string of the molecule is Nc1ncc(-c2ccccc2CCO)nc1-c1nnc(-c2ccccc2)o1.[HH].[HH].[HH]. The molecule has 0 saturated carbocycles. The number of aliphatic hydroxyl groups excluding tert-OH is 1. The van der Waals surface area contributed by atoms with E-state index in [0.717, 1.165) is 16.7 Å². The minimum absolute atomic E-state index is 0. The molecule has 2 aromatic carbocycles. The summed E-state index contributed by atoms with van der Waals surface area (Å²) >= 11 is 0. The number of nitrogen functional groups attached to an aromatic ring is 1. The molecule has 4 aromatic rings. The largest absolute Gasteiger partial charge is 0.414 e. The first-order valence-electron chi connectivity index (χ1n) is 8.47. The van der Waals surface area contributed by atoms with Gasteiger partial charge in [-0.15, -0.1) is 10.2 Å². The summed E-state index contributed by atoms with van der Waals surface area (Å²) < 4.78 is 5.76. The van der Waals surface area contributed by atoms with Gasteiger partial charge in [0.1, 0.15) is 0 Å². The first kappa shape index (κ1) is 16.9. The van der Waals surface area contributed by atoms with Gasteiger partial charge in [0.05, 0.1) is 11.9 Å². The van der Waals surface area contributed by atoms with Gasteiger partial charge in [-0.3, -0.25) is 0 Å². The van der Waals surface area contributed by atoms with E-state index in [1.807, 2.05) is 54.6 Å². The zero-order chi connectivity index (χ0) is 18.6. The molecular formula is C20H23N5O2. The number of nitrogens with two attached hydrogens (primary N) is 1. The van der Waals surface area contributed by atoms with Crippen LogP contribution in [0.5, 0.6) is 0 Å². The lowest BCUT2D eigenvalue weighted by atomic mass is 10.0. The van der Waals surface area contributed by atoms with Gasteiger partial charge >= 0.3 is 0 Å². The van der Waals surface area contributed by atoms with Crippen LogP contribution in [0, 0.1) is 0 Å². The lowest BCUT2D eigenvalue weighted by molar-refractivity contribution is 0.300. The molecule has 0 atom stereocenters. The molecule has 140 valence electrons. The van der Waals surface area contributed by atoms with E-state index in [0.29, 0.717) is 23.7 Å². The van der Waals surface area contributed by atoms with Crippen LogP contribution in [0.25, 0.3) is 34.3 Å². The Morgan fingerprint density at radius 3 is 2.52 bits per heavy atom. The molecular weight excluding hydrogens is 342 g/mol. The van der Waals surface area contributed by atoms with Gasteiger partial charge < -0.3 is 15.3 Å².